The van der Waals surface area contributed by atoms with Crippen molar-refractivity contribution >= 4 is 29.1 Å². The van der Waals surface area contributed by atoms with Gasteiger partial charge in [-0.15, -0.1) is 0 Å². The van der Waals surface area contributed by atoms with Crippen LogP contribution in [0.1, 0.15) is 24.2 Å². The molecule has 0 saturated carbocycles. The number of carbonyl (C=O) groups excluding carboxylic acids is 1. The molecule has 0 heterocycles. The number of halogens is 2. The molecule has 0 radical (unpaired) electrons. The zero-order valence-electron chi connectivity index (χ0n) is 17.5. The van der Waals surface area contributed by atoms with Crippen molar-refractivity contribution in [3.63, 3.8) is 0 Å². The van der Waals surface area contributed by atoms with E-state index in [1.807, 2.05) is 6.92 Å². The standard InChI is InChI=1S/C22H29Cl2NO5/c1-16(15-30-11-9-18(24)6-4-5-17(2)23)14-25(10-12-29-3)22(28)20-8-7-19(26)13-21(20)27/h4-9,13,16,26-27H,10-12,14-15H2,1-3H3/b6-4-,17-5+,18-9-. The number of methoxy groups -OCH3 is 1. The molecule has 1 atom stereocenters. The summed E-state index contributed by atoms with van der Waals surface area (Å²) in [7, 11) is 1.56. The first kappa shape index (κ1) is 26.0. The van der Waals surface area contributed by atoms with E-state index < -0.39 is 0 Å². The molecule has 0 saturated heterocycles. The summed E-state index contributed by atoms with van der Waals surface area (Å²) in [5, 5.41) is 20.6. The van der Waals surface area contributed by atoms with Crippen molar-refractivity contribution in [3.05, 3.63) is 58.1 Å². The first-order valence-electron chi connectivity index (χ1n) is 9.48. The first-order chi connectivity index (χ1) is 14.2. The van der Waals surface area contributed by atoms with Gasteiger partial charge in [0.15, 0.2) is 0 Å². The van der Waals surface area contributed by atoms with E-state index >= 15 is 0 Å². The van der Waals surface area contributed by atoms with Crippen molar-refractivity contribution in [2.75, 3.05) is 40.0 Å². The summed E-state index contributed by atoms with van der Waals surface area (Å²) >= 11 is 11.8. The van der Waals surface area contributed by atoms with Gasteiger partial charge in [-0.05, 0) is 43.2 Å². The van der Waals surface area contributed by atoms with Crippen LogP contribution in [0.4, 0.5) is 0 Å². The van der Waals surface area contributed by atoms with Gasteiger partial charge in [-0.3, -0.25) is 4.79 Å². The zero-order chi connectivity index (χ0) is 22.5. The minimum atomic E-state index is -0.341. The normalized spacial score (nSPS) is 13.6. The molecule has 0 aliphatic carbocycles. The summed E-state index contributed by atoms with van der Waals surface area (Å²) in [6.45, 7) is 5.63. The molecule has 1 aromatic rings. The molecule has 1 aromatic carbocycles. The molecule has 0 spiro atoms. The van der Waals surface area contributed by atoms with Gasteiger partial charge in [-0.25, -0.2) is 0 Å². The lowest BCUT2D eigenvalue weighted by Gasteiger charge is -2.26. The van der Waals surface area contributed by atoms with Gasteiger partial charge < -0.3 is 24.6 Å². The van der Waals surface area contributed by atoms with Gasteiger partial charge in [0, 0.05) is 36.3 Å². The molecule has 6 nitrogen and oxygen atoms in total. The van der Waals surface area contributed by atoms with Crippen molar-refractivity contribution in [1.82, 2.24) is 4.90 Å². The predicted octanol–water partition coefficient (Wildman–Crippen LogP) is 4.66. The quantitative estimate of drug-likeness (QED) is 0.352. The molecular formula is C22H29Cl2NO5. The van der Waals surface area contributed by atoms with Crippen LogP contribution in [-0.2, 0) is 9.47 Å². The Morgan fingerprint density at radius 2 is 2.03 bits per heavy atom. The number of rotatable bonds is 12. The van der Waals surface area contributed by atoms with Gasteiger partial charge in [-0.1, -0.05) is 36.2 Å². The number of aromatic hydroxyl groups is 2. The fraction of sp³-hybridized carbons (Fsp3) is 0.409. The molecule has 1 amide bonds. The van der Waals surface area contributed by atoms with E-state index in [0.717, 1.165) is 6.07 Å². The number of amides is 1. The van der Waals surface area contributed by atoms with Gasteiger partial charge in [0.1, 0.15) is 11.5 Å². The molecule has 1 rings (SSSR count). The maximum absolute atomic E-state index is 12.8. The number of nitrogens with zero attached hydrogens (tertiary/aromatic N) is 1. The SMILES string of the molecule is COCCN(CC(C)COC/C=C(Cl)/C=C\C=C(/C)Cl)C(=O)c1ccc(O)cc1O. The van der Waals surface area contributed by atoms with E-state index in [1.165, 1.54) is 12.1 Å². The summed E-state index contributed by atoms with van der Waals surface area (Å²) in [6.07, 6.45) is 6.94. The average Bonchev–Trinajstić information content (AvgIpc) is 2.67. The van der Waals surface area contributed by atoms with Gasteiger partial charge in [0.05, 0.1) is 25.4 Å². The van der Waals surface area contributed by atoms with Crippen molar-refractivity contribution < 1.29 is 24.5 Å². The lowest BCUT2D eigenvalue weighted by Crippen LogP contribution is -2.38. The Morgan fingerprint density at radius 1 is 1.30 bits per heavy atom. The lowest BCUT2D eigenvalue weighted by molar-refractivity contribution is 0.0592. The number of benzene rings is 1. The number of ether oxygens (including phenoxy) is 2. The van der Waals surface area contributed by atoms with Crippen LogP contribution in [0.2, 0.25) is 0 Å². The molecule has 30 heavy (non-hydrogen) atoms. The molecule has 166 valence electrons. The lowest BCUT2D eigenvalue weighted by atomic mass is 10.1. The molecule has 2 N–H and O–H groups in total. The third-order valence-corrected chi connectivity index (χ3v) is 4.38. The predicted molar refractivity (Wildman–Crippen MR) is 120 cm³/mol. The smallest absolute Gasteiger partial charge is 0.257 e. The molecule has 0 aliphatic heterocycles. The highest BCUT2D eigenvalue weighted by Crippen LogP contribution is 2.24. The Labute approximate surface area is 188 Å². The zero-order valence-corrected chi connectivity index (χ0v) is 19.0. The van der Waals surface area contributed by atoms with Crippen LogP contribution in [0, 0.1) is 5.92 Å². The van der Waals surface area contributed by atoms with Crippen LogP contribution in [0.15, 0.2) is 52.6 Å². The molecule has 0 bridgehead atoms. The summed E-state index contributed by atoms with van der Waals surface area (Å²) in [5.74, 6) is -0.676. The van der Waals surface area contributed by atoms with Crippen LogP contribution in [0.25, 0.3) is 0 Å². The Bertz CT molecular complexity index is 773. The minimum absolute atomic E-state index is 0.0367. The van der Waals surface area contributed by atoms with E-state index in [0.29, 0.717) is 43.0 Å². The summed E-state index contributed by atoms with van der Waals surface area (Å²) in [4.78, 5) is 14.4. The molecule has 1 unspecified atom stereocenters. The minimum Gasteiger partial charge on any atom is -0.508 e. The Kier molecular flexibility index (Phi) is 12.2. The van der Waals surface area contributed by atoms with E-state index in [9.17, 15) is 15.0 Å². The van der Waals surface area contributed by atoms with Crippen LogP contribution in [0.5, 0.6) is 11.5 Å². The topological polar surface area (TPSA) is 79.2 Å². The van der Waals surface area contributed by atoms with Crippen molar-refractivity contribution in [1.29, 1.82) is 0 Å². The highest BCUT2D eigenvalue weighted by molar-refractivity contribution is 6.31. The van der Waals surface area contributed by atoms with Crippen molar-refractivity contribution in [3.8, 4) is 11.5 Å². The van der Waals surface area contributed by atoms with Crippen LogP contribution >= 0.6 is 23.2 Å². The number of allylic oxidation sites excluding steroid dienone is 5. The van der Waals surface area contributed by atoms with E-state index in [-0.39, 0.29) is 28.9 Å². The van der Waals surface area contributed by atoms with Gasteiger partial charge >= 0.3 is 0 Å². The Hall–Kier alpha value is -1.99. The molecule has 8 heteroatoms. The average molecular weight is 458 g/mol. The van der Waals surface area contributed by atoms with Crippen molar-refractivity contribution in [2.24, 2.45) is 5.92 Å². The largest absolute Gasteiger partial charge is 0.508 e. The first-order valence-corrected chi connectivity index (χ1v) is 10.2. The number of phenols is 2. The van der Waals surface area contributed by atoms with Gasteiger partial charge in [0.25, 0.3) is 5.91 Å². The fourth-order valence-corrected chi connectivity index (χ4v) is 2.73. The number of hydrogen-bond donors (Lipinski definition) is 2. The summed E-state index contributed by atoms with van der Waals surface area (Å²) in [6, 6.07) is 3.90. The summed E-state index contributed by atoms with van der Waals surface area (Å²) < 4.78 is 10.7. The Morgan fingerprint density at radius 3 is 2.67 bits per heavy atom. The second-order valence-electron chi connectivity index (χ2n) is 6.79. The highest BCUT2D eigenvalue weighted by atomic mass is 35.5. The van der Waals surface area contributed by atoms with Crippen molar-refractivity contribution in [2.45, 2.75) is 13.8 Å². The van der Waals surface area contributed by atoms with Gasteiger partial charge in [-0.2, -0.15) is 0 Å². The maximum atomic E-state index is 12.8. The third-order valence-electron chi connectivity index (χ3n) is 3.98. The molecule has 0 aliphatic rings. The monoisotopic (exact) mass is 457 g/mol. The van der Waals surface area contributed by atoms with E-state index in [4.69, 9.17) is 32.7 Å². The fourth-order valence-electron chi connectivity index (χ4n) is 2.53. The Balaban J connectivity index is 2.62. The van der Waals surface area contributed by atoms with Crippen LogP contribution < -0.4 is 0 Å². The highest BCUT2D eigenvalue weighted by Gasteiger charge is 2.21. The molecule has 0 fully saturated rings. The molecule has 0 aromatic heterocycles. The number of carbonyl (C=O) groups is 1. The summed E-state index contributed by atoms with van der Waals surface area (Å²) in [5.41, 5.74) is 0.125. The second kappa shape index (κ2) is 14.1. The maximum Gasteiger partial charge on any atom is 0.257 e. The number of hydrogen-bond acceptors (Lipinski definition) is 5. The third kappa shape index (κ3) is 10.2. The van der Waals surface area contributed by atoms with E-state index in [1.54, 1.807) is 43.2 Å². The molecular weight excluding hydrogens is 429 g/mol. The van der Waals surface area contributed by atoms with E-state index in [2.05, 4.69) is 0 Å². The van der Waals surface area contributed by atoms with Crippen LogP contribution in [-0.4, -0.2) is 61.0 Å². The van der Waals surface area contributed by atoms with Crippen LogP contribution in [0.3, 0.4) is 0 Å². The number of phenolic OH excluding ortho intramolecular Hbond substituents is 2. The van der Waals surface area contributed by atoms with Gasteiger partial charge in [0.2, 0.25) is 0 Å². The second-order valence-corrected chi connectivity index (χ2v) is 7.82.